The van der Waals surface area contributed by atoms with Crippen LogP contribution in [0.15, 0.2) is 12.1 Å². The molecule has 1 aromatic rings. The van der Waals surface area contributed by atoms with Crippen LogP contribution in [0.5, 0.6) is 5.75 Å². The first-order valence-corrected chi connectivity index (χ1v) is 6.96. The smallest absolute Gasteiger partial charge is 0.126 e. The van der Waals surface area contributed by atoms with E-state index in [1.165, 1.54) is 0 Å². The Morgan fingerprint density at radius 3 is 2.56 bits per heavy atom. The summed E-state index contributed by atoms with van der Waals surface area (Å²) in [5.41, 5.74) is 7.87. The van der Waals surface area contributed by atoms with Crippen LogP contribution in [0.1, 0.15) is 43.2 Å². The van der Waals surface area contributed by atoms with Gasteiger partial charge in [0.15, 0.2) is 0 Å². The minimum absolute atomic E-state index is 0.0690. The van der Waals surface area contributed by atoms with Gasteiger partial charge in [-0.25, -0.2) is 4.39 Å². The first-order valence-electron chi connectivity index (χ1n) is 6.96. The lowest BCUT2D eigenvalue weighted by atomic mass is 9.93. The Bertz CT molecular complexity index is 438. The first kappa shape index (κ1) is 12.0. The first-order chi connectivity index (χ1) is 8.74. The molecule has 2 N–H and O–H groups in total. The van der Waals surface area contributed by atoms with E-state index in [-0.39, 0.29) is 11.9 Å². The fraction of sp³-hybridized carbons (Fsp3) is 0.600. The largest absolute Gasteiger partial charge is 0.490 e. The van der Waals surface area contributed by atoms with Gasteiger partial charge in [0.1, 0.15) is 11.6 Å². The predicted octanol–water partition coefficient (Wildman–Crippen LogP) is 2.96. The summed E-state index contributed by atoms with van der Waals surface area (Å²) in [4.78, 5) is 0. The number of fused-ring (bicyclic) bond motifs is 1. The van der Waals surface area contributed by atoms with E-state index >= 15 is 0 Å². The van der Waals surface area contributed by atoms with Crippen LogP contribution >= 0.6 is 0 Å². The Kier molecular flexibility index (Phi) is 3.25. The van der Waals surface area contributed by atoms with Crippen LogP contribution in [0.4, 0.5) is 4.39 Å². The average Bonchev–Trinajstić information content (AvgIpc) is 2.86. The summed E-state index contributed by atoms with van der Waals surface area (Å²) in [6.45, 7) is 0. The average molecular weight is 249 g/mol. The maximum absolute atomic E-state index is 13.6. The van der Waals surface area contributed by atoms with Crippen LogP contribution in [-0.4, -0.2) is 12.1 Å². The Morgan fingerprint density at radius 1 is 1.06 bits per heavy atom. The number of ether oxygens (including phenoxy) is 1. The van der Waals surface area contributed by atoms with Crippen LogP contribution in [-0.2, 0) is 12.8 Å². The lowest BCUT2D eigenvalue weighted by Gasteiger charge is -2.27. The minimum atomic E-state index is -0.0690. The molecule has 0 atom stereocenters. The normalized spacial score (nSPS) is 27.0. The Labute approximate surface area is 107 Å². The third kappa shape index (κ3) is 2.24. The molecule has 1 aromatic carbocycles. The van der Waals surface area contributed by atoms with Crippen LogP contribution in [0.3, 0.4) is 0 Å². The van der Waals surface area contributed by atoms with Crippen LogP contribution in [0.2, 0.25) is 0 Å². The van der Waals surface area contributed by atoms with E-state index in [9.17, 15) is 4.39 Å². The third-order valence-electron chi connectivity index (χ3n) is 4.20. The summed E-state index contributed by atoms with van der Waals surface area (Å²) in [7, 11) is 0. The molecule has 3 heteroatoms. The molecule has 2 aliphatic rings. The van der Waals surface area contributed by atoms with E-state index in [1.54, 1.807) is 12.1 Å². The number of nitrogens with two attached hydrogens (primary N) is 1. The van der Waals surface area contributed by atoms with Gasteiger partial charge in [-0.3, -0.25) is 0 Å². The molecule has 0 heterocycles. The van der Waals surface area contributed by atoms with Crippen molar-refractivity contribution in [2.24, 2.45) is 5.73 Å². The molecule has 0 saturated heterocycles. The van der Waals surface area contributed by atoms with E-state index < -0.39 is 0 Å². The fourth-order valence-electron chi connectivity index (χ4n) is 3.13. The van der Waals surface area contributed by atoms with Crippen molar-refractivity contribution in [2.45, 2.75) is 57.1 Å². The van der Waals surface area contributed by atoms with Crippen molar-refractivity contribution < 1.29 is 9.13 Å². The van der Waals surface area contributed by atoms with Crippen molar-refractivity contribution >= 4 is 0 Å². The second-order valence-corrected chi connectivity index (χ2v) is 5.51. The van der Waals surface area contributed by atoms with Gasteiger partial charge in [-0.05, 0) is 62.6 Å². The van der Waals surface area contributed by atoms with Gasteiger partial charge in [0, 0.05) is 11.6 Å². The van der Waals surface area contributed by atoms with E-state index in [4.69, 9.17) is 10.5 Å². The Balaban J connectivity index is 1.75. The minimum Gasteiger partial charge on any atom is -0.490 e. The zero-order valence-corrected chi connectivity index (χ0v) is 10.6. The summed E-state index contributed by atoms with van der Waals surface area (Å²) < 4.78 is 19.7. The van der Waals surface area contributed by atoms with Gasteiger partial charge in [0.25, 0.3) is 0 Å². The highest BCUT2D eigenvalue weighted by atomic mass is 19.1. The molecule has 2 nitrogen and oxygen atoms in total. The van der Waals surface area contributed by atoms with E-state index in [0.29, 0.717) is 6.04 Å². The molecule has 3 rings (SSSR count). The van der Waals surface area contributed by atoms with Crippen molar-refractivity contribution in [2.75, 3.05) is 0 Å². The molecular weight excluding hydrogens is 229 g/mol. The van der Waals surface area contributed by atoms with Crippen LogP contribution < -0.4 is 10.5 Å². The van der Waals surface area contributed by atoms with Gasteiger partial charge in [-0.2, -0.15) is 0 Å². The standard InChI is InChI=1S/C15H20FNO/c16-14-8-9-15(13-3-1-2-12(13)14)18-11-6-4-10(17)5-7-11/h8-11H,1-7,17H2. The molecule has 18 heavy (non-hydrogen) atoms. The monoisotopic (exact) mass is 249 g/mol. The molecule has 0 amide bonds. The molecule has 0 aliphatic heterocycles. The second kappa shape index (κ2) is 4.88. The Morgan fingerprint density at radius 2 is 1.78 bits per heavy atom. The van der Waals surface area contributed by atoms with E-state index in [2.05, 4.69) is 0 Å². The highest BCUT2D eigenvalue weighted by Crippen LogP contribution is 2.34. The predicted molar refractivity (Wildman–Crippen MR) is 69.3 cm³/mol. The quantitative estimate of drug-likeness (QED) is 0.874. The van der Waals surface area contributed by atoms with Crippen molar-refractivity contribution in [1.82, 2.24) is 0 Å². The van der Waals surface area contributed by atoms with Crippen molar-refractivity contribution in [3.05, 3.63) is 29.1 Å². The van der Waals surface area contributed by atoms with Crippen molar-refractivity contribution in [1.29, 1.82) is 0 Å². The molecule has 2 aliphatic carbocycles. The molecule has 0 spiro atoms. The Hall–Kier alpha value is -1.09. The SMILES string of the molecule is NC1CCC(Oc2ccc(F)c3c2CCC3)CC1. The summed E-state index contributed by atoms with van der Waals surface area (Å²) in [6, 6.07) is 3.69. The van der Waals surface area contributed by atoms with Crippen LogP contribution in [0, 0.1) is 5.82 Å². The molecule has 0 unspecified atom stereocenters. The number of benzene rings is 1. The maximum Gasteiger partial charge on any atom is 0.126 e. The van der Waals surface area contributed by atoms with E-state index in [0.717, 1.165) is 61.8 Å². The number of halogens is 1. The molecule has 1 saturated carbocycles. The third-order valence-corrected chi connectivity index (χ3v) is 4.20. The zero-order valence-electron chi connectivity index (χ0n) is 10.6. The van der Waals surface area contributed by atoms with Gasteiger partial charge in [-0.1, -0.05) is 0 Å². The second-order valence-electron chi connectivity index (χ2n) is 5.51. The van der Waals surface area contributed by atoms with Crippen molar-refractivity contribution in [3.8, 4) is 5.75 Å². The van der Waals surface area contributed by atoms with Crippen LogP contribution in [0.25, 0.3) is 0 Å². The fourth-order valence-corrected chi connectivity index (χ4v) is 3.13. The topological polar surface area (TPSA) is 35.2 Å². The van der Waals surface area contributed by atoms with Gasteiger partial charge in [0.05, 0.1) is 6.10 Å². The van der Waals surface area contributed by atoms with Crippen molar-refractivity contribution in [3.63, 3.8) is 0 Å². The number of rotatable bonds is 2. The number of hydrogen-bond acceptors (Lipinski definition) is 2. The molecule has 0 aromatic heterocycles. The maximum atomic E-state index is 13.6. The van der Waals surface area contributed by atoms with Gasteiger partial charge in [0.2, 0.25) is 0 Å². The summed E-state index contributed by atoms with van der Waals surface area (Å²) >= 11 is 0. The lowest BCUT2D eigenvalue weighted by molar-refractivity contribution is 0.146. The highest BCUT2D eigenvalue weighted by Gasteiger charge is 2.24. The van der Waals surface area contributed by atoms with Gasteiger partial charge in [-0.15, -0.1) is 0 Å². The highest BCUT2D eigenvalue weighted by molar-refractivity contribution is 5.44. The van der Waals surface area contributed by atoms with E-state index in [1.807, 2.05) is 0 Å². The number of hydrogen-bond donors (Lipinski definition) is 1. The van der Waals surface area contributed by atoms with Gasteiger partial charge < -0.3 is 10.5 Å². The molecule has 0 bridgehead atoms. The summed E-state index contributed by atoms with van der Waals surface area (Å²) in [5, 5.41) is 0. The summed E-state index contributed by atoms with van der Waals surface area (Å²) in [5.74, 6) is 0.838. The molecule has 1 fully saturated rings. The molecule has 98 valence electrons. The molecular formula is C15H20FNO. The lowest BCUT2D eigenvalue weighted by Crippen LogP contribution is -2.31. The summed E-state index contributed by atoms with van der Waals surface area (Å²) in [6.07, 6.45) is 7.23. The van der Waals surface area contributed by atoms with Gasteiger partial charge >= 0.3 is 0 Å². The zero-order chi connectivity index (χ0) is 12.5. The molecule has 0 radical (unpaired) electrons.